The van der Waals surface area contributed by atoms with Gasteiger partial charge in [-0.1, -0.05) is 27.7 Å². The molecule has 2 atom stereocenters. The van der Waals surface area contributed by atoms with Crippen molar-refractivity contribution < 1.29 is 33.4 Å². The standard InChI is InChI=1S/C37H48O7/c1-16(2)21-23-19(42-18(5)6)15-20-24(27(23)44-31-26(21)29(39)35(9,10)33(41)37(31,13)14)22(17(3)4)25-28(38)34(7,8)32(40)36(11,12)30(25)43-20/h15-18,21-22H,1-14H3/t21-,22+/m0/s1. The SMILES string of the molecule is CC(C)Oc1cc2c(c3c1[C@H](C(C)C)C1=C(O3)C(C)(C)C(=O)C(C)(C)C1=O)[C@@H](C(C)C)C1=C(O2)C(C)(C)C(=O)C(C)(C)C1=O. The van der Waals surface area contributed by atoms with Crippen molar-refractivity contribution in [1.82, 2.24) is 0 Å². The molecule has 44 heavy (non-hydrogen) atoms. The van der Waals surface area contributed by atoms with Crippen LogP contribution in [0.5, 0.6) is 17.2 Å². The first-order valence-corrected chi connectivity index (χ1v) is 15.9. The van der Waals surface area contributed by atoms with Crippen molar-refractivity contribution in [2.75, 3.05) is 0 Å². The zero-order valence-corrected chi connectivity index (χ0v) is 28.8. The number of allylic oxidation sites excluding steroid dienone is 4. The van der Waals surface area contributed by atoms with Gasteiger partial charge in [0.05, 0.1) is 27.8 Å². The molecule has 0 spiro atoms. The first kappa shape index (κ1) is 32.2. The fourth-order valence-corrected chi connectivity index (χ4v) is 8.07. The maximum atomic E-state index is 14.2. The van der Waals surface area contributed by atoms with Crippen LogP contribution in [0.1, 0.15) is 120 Å². The molecule has 0 bridgehead atoms. The van der Waals surface area contributed by atoms with E-state index in [0.29, 0.717) is 45.5 Å². The van der Waals surface area contributed by atoms with Gasteiger partial charge in [0.1, 0.15) is 28.8 Å². The Hall–Kier alpha value is -3.22. The number of carbonyl (C=O) groups excluding carboxylic acids is 4. The average molecular weight is 605 g/mol. The fraction of sp³-hybridized carbons (Fsp3) is 0.622. The molecule has 2 aliphatic carbocycles. The second-order valence-electron chi connectivity index (χ2n) is 16.1. The van der Waals surface area contributed by atoms with E-state index < -0.39 is 33.5 Å². The van der Waals surface area contributed by atoms with E-state index in [1.807, 2.05) is 61.5 Å². The number of hydrogen-bond acceptors (Lipinski definition) is 7. The molecule has 2 heterocycles. The summed E-state index contributed by atoms with van der Waals surface area (Å²) in [6, 6.07) is 1.84. The minimum Gasteiger partial charge on any atom is -0.490 e. The van der Waals surface area contributed by atoms with E-state index in [-0.39, 0.29) is 41.1 Å². The Morgan fingerprint density at radius 1 is 0.614 bits per heavy atom. The van der Waals surface area contributed by atoms with Crippen molar-refractivity contribution in [2.45, 2.75) is 115 Å². The van der Waals surface area contributed by atoms with E-state index in [4.69, 9.17) is 14.2 Å². The third-order valence-electron chi connectivity index (χ3n) is 10.2. The second-order valence-corrected chi connectivity index (χ2v) is 16.1. The van der Waals surface area contributed by atoms with E-state index in [9.17, 15) is 19.2 Å². The van der Waals surface area contributed by atoms with Crippen molar-refractivity contribution in [1.29, 1.82) is 0 Å². The van der Waals surface area contributed by atoms with E-state index >= 15 is 0 Å². The van der Waals surface area contributed by atoms with Gasteiger partial charge in [-0.2, -0.15) is 0 Å². The number of benzene rings is 1. The zero-order chi connectivity index (χ0) is 33.2. The summed E-state index contributed by atoms with van der Waals surface area (Å²) in [6.07, 6.45) is -0.203. The highest BCUT2D eigenvalue weighted by atomic mass is 16.5. The van der Waals surface area contributed by atoms with Gasteiger partial charge < -0.3 is 14.2 Å². The van der Waals surface area contributed by atoms with Crippen LogP contribution in [0.25, 0.3) is 0 Å². The first-order valence-electron chi connectivity index (χ1n) is 15.9. The third kappa shape index (κ3) is 4.06. The maximum absolute atomic E-state index is 14.2. The summed E-state index contributed by atoms with van der Waals surface area (Å²) in [4.78, 5) is 55.9. The average Bonchev–Trinajstić information content (AvgIpc) is 2.91. The highest BCUT2D eigenvalue weighted by Crippen LogP contribution is 2.63. The second kappa shape index (κ2) is 9.64. The van der Waals surface area contributed by atoms with Crippen LogP contribution in [0.4, 0.5) is 0 Å². The first-order chi connectivity index (χ1) is 20.0. The minimum absolute atomic E-state index is 0.0532. The predicted octanol–water partition coefficient (Wildman–Crippen LogP) is 7.65. The molecule has 7 nitrogen and oxygen atoms in total. The normalized spacial score (nSPS) is 26.3. The third-order valence-corrected chi connectivity index (χ3v) is 10.2. The van der Waals surface area contributed by atoms with Crippen molar-refractivity contribution in [3.05, 3.63) is 39.9 Å². The topological polar surface area (TPSA) is 96.0 Å². The molecule has 2 aliphatic heterocycles. The largest absolute Gasteiger partial charge is 0.490 e. The molecule has 0 fully saturated rings. The van der Waals surface area contributed by atoms with Crippen LogP contribution >= 0.6 is 0 Å². The molecule has 0 radical (unpaired) electrons. The molecule has 1 aromatic rings. The Labute approximate surface area is 261 Å². The molecular formula is C37H48O7. The Kier molecular flexibility index (Phi) is 7.05. The lowest BCUT2D eigenvalue weighted by atomic mass is 9.58. The highest BCUT2D eigenvalue weighted by molar-refractivity contribution is 6.21. The Morgan fingerprint density at radius 3 is 1.43 bits per heavy atom. The van der Waals surface area contributed by atoms with Crippen LogP contribution < -0.4 is 14.2 Å². The molecule has 0 unspecified atom stereocenters. The van der Waals surface area contributed by atoms with Crippen molar-refractivity contribution in [3.63, 3.8) is 0 Å². The van der Waals surface area contributed by atoms with Gasteiger partial charge in [0.15, 0.2) is 23.1 Å². The summed E-state index contributed by atoms with van der Waals surface area (Å²) in [5.74, 6) is 0.304. The quantitative estimate of drug-likeness (QED) is 0.326. The van der Waals surface area contributed by atoms with Crippen LogP contribution in [-0.2, 0) is 19.2 Å². The van der Waals surface area contributed by atoms with Crippen LogP contribution in [0.15, 0.2) is 28.7 Å². The minimum atomic E-state index is -1.23. The Morgan fingerprint density at radius 2 is 1.02 bits per heavy atom. The molecule has 5 rings (SSSR count). The van der Waals surface area contributed by atoms with Gasteiger partial charge in [0, 0.05) is 40.2 Å². The van der Waals surface area contributed by atoms with Crippen molar-refractivity contribution in [2.24, 2.45) is 33.5 Å². The molecular weight excluding hydrogens is 556 g/mol. The molecule has 4 aliphatic rings. The summed E-state index contributed by atoms with van der Waals surface area (Å²) >= 11 is 0. The van der Waals surface area contributed by atoms with Gasteiger partial charge in [0.25, 0.3) is 0 Å². The van der Waals surface area contributed by atoms with Gasteiger partial charge in [-0.05, 0) is 81.1 Å². The molecule has 0 N–H and O–H groups in total. The van der Waals surface area contributed by atoms with Crippen molar-refractivity contribution in [3.8, 4) is 17.2 Å². The Bertz CT molecular complexity index is 1590. The summed E-state index contributed by atoms with van der Waals surface area (Å²) in [5.41, 5.74) is -2.15. The number of rotatable bonds is 4. The van der Waals surface area contributed by atoms with E-state index in [1.165, 1.54) is 0 Å². The van der Waals surface area contributed by atoms with Crippen molar-refractivity contribution >= 4 is 23.1 Å². The number of hydrogen-bond donors (Lipinski definition) is 0. The molecule has 0 aromatic heterocycles. The van der Waals surface area contributed by atoms with Crippen LogP contribution in [0.2, 0.25) is 0 Å². The van der Waals surface area contributed by atoms with Gasteiger partial charge in [0.2, 0.25) is 0 Å². The van der Waals surface area contributed by atoms with E-state index in [0.717, 1.165) is 5.56 Å². The summed E-state index contributed by atoms with van der Waals surface area (Å²) in [6.45, 7) is 26.1. The molecule has 7 heteroatoms. The molecule has 0 saturated heterocycles. The van der Waals surface area contributed by atoms with Crippen LogP contribution in [0, 0.1) is 33.5 Å². The number of carbonyl (C=O) groups is 4. The molecule has 1 aromatic carbocycles. The number of ether oxygens (including phenoxy) is 3. The van der Waals surface area contributed by atoms with E-state index in [2.05, 4.69) is 13.8 Å². The lowest BCUT2D eigenvalue weighted by Gasteiger charge is -2.48. The van der Waals surface area contributed by atoms with Gasteiger partial charge >= 0.3 is 0 Å². The zero-order valence-electron chi connectivity index (χ0n) is 28.8. The maximum Gasteiger partial charge on any atom is 0.175 e. The van der Waals surface area contributed by atoms with Gasteiger partial charge in [-0.25, -0.2) is 0 Å². The van der Waals surface area contributed by atoms with E-state index in [1.54, 1.807) is 27.7 Å². The summed E-state index contributed by atoms with van der Waals surface area (Å²) < 4.78 is 20.0. The van der Waals surface area contributed by atoms with Gasteiger partial charge in [-0.15, -0.1) is 0 Å². The monoisotopic (exact) mass is 604 g/mol. The lowest BCUT2D eigenvalue weighted by Crippen LogP contribution is -2.53. The molecule has 0 saturated carbocycles. The number of ketones is 4. The number of fused-ring (bicyclic) bond motifs is 3. The lowest BCUT2D eigenvalue weighted by molar-refractivity contribution is -0.146. The molecule has 238 valence electrons. The highest BCUT2D eigenvalue weighted by Gasteiger charge is 2.60. The Balaban J connectivity index is 1.91. The molecule has 0 amide bonds. The van der Waals surface area contributed by atoms with Crippen LogP contribution in [-0.4, -0.2) is 29.2 Å². The van der Waals surface area contributed by atoms with Crippen LogP contribution in [0.3, 0.4) is 0 Å². The summed E-state index contributed by atoms with van der Waals surface area (Å²) in [5, 5.41) is 0. The number of Topliss-reactive ketones (excluding diaryl/α,β-unsaturated/α-hetero) is 4. The van der Waals surface area contributed by atoms with Gasteiger partial charge in [-0.3, -0.25) is 19.2 Å². The predicted molar refractivity (Wildman–Crippen MR) is 168 cm³/mol. The summed E-state index contributed by atoms with van der Waals surface area (Å²) in [7, 11) is 0. The smallest absolute Gasteiger partial charge is 0.175 e. The fourth-order valence-electron chi connectivity index (χ4n) is 8.07.